The van der Waals surface area contributed by atoms with Crippen molar-refractivity contribution < 1.29 is 9.53 Å². The van der Waals surface area contributed by atoms with Gasteiger partial charge in [-0.15, -0.1) is 0 Å². The standard InChI is InChI=1S/C16H28N4O2/c1-12(2)19-8-13-7-14(9-19)20(13)16(21)18-5-3-17(4-6-18)15-10-22-11-15/h12-15H,3-11H2,1-2H3. The molecule has 5 heterocycles. The van der Waals surface area contributed by atoms with Gasteiger partial charge in [0.2, 0.25) is 0 Å². The molecule has 6 heteroatoms. The number of hydrogen-bond acceptors (Lipinski definition) is 4. The third-order valence-corrected chi connectivity index (χ3v) is 5.89. The van der Waals surface area contributed by atoms with E-state index in [1.807, 2.05) is 0 Å². The molecule has 124 valence electrons. The minimum atomic E-state index is 0.286. The number of hydrogen-bond donors (Lipinski definition) is 0. The third kappa shape index (κ3) is 2.41. The molecule has 0 aliphatic carbocycles. The highest BCUT2D eigenvalue weighted by Gasteiger charge is 2.49. The second kappa shape index (κ2) is 5.65. The molecule has 0 spiro atoms. The fourth-order valence-electron chi connectivity index (χ4n) is 4.25. The molecule has 2 amide bonds. The highest BCUT2D eigenvalue weighted by molar-refractivity contribution is 5.76. The van der Waals surface area contributed by atoms with Gasteiger partial charge in [-0.3, -0.25) is 9.80 Å². The van der Waals surface area contributed by atoms with Gasteiger partial charge in [-0.1, -0.05) is 0 Å². The van der Waals surface area contributed by atoms with Gasteiger partial charge in [0, 0.05) is 57.4 Å². The maximum absolute atomic E-state index is 12.8. The topological polar surface area (TPSA) is 39.3 Å². The summed E-state index contributed by atoms with van der Waals surface area (Å²) in [4.78, 5) is 22.0. The summed E-state index contributed by atoms with van der Waals surface area (Å²) < 4.78 is 5.27. The summed E-state index contributed by atoms with van der Waals surface area (Å²) in [5.74, 6) is 0. The Morgan fingerprint density at radius 2 is 1.64 bits per heavy atom. The van der Waals surface area contributed by atoms with Gasteiger partial charge in [0.1, 0.15) is 0 Å². The Balaban J connectivity index is 1.30. The van der Waals surface area contributed by atoms with Crippen molar-refractivity contribution in [3.05, 3.63) is 0 Å². The SMILES string of the molecule is CC(C)N1CC2CC(C1)N2C(=O)N1CCN(C2COC2)CC1. The van der Waals surface area contributed by atoms with E-state index >= 15 is 0 Å². The van der Waals surface area contributed by atoms with Crippen LogP contribution >= 0.6 is 0 Å². The summed E-state index contributed by atoms with van der Waals surface area (Å²) in [6, 6.07) is 2.38. The average molecular weight is 308 g/mol. The molecule has 5 fully saturated rings. The molecule has 6 nitrogen and oxygen atoms in total. The van der Waals surface area contributed by atoms with Gasteiger partial charge < -0.3 is 14.5 Å². The molecule has 5 saturated heterocycles. The Morgan fingerprint density at radius 1 is 1.00 bits per heavy atom. The van der Waals surface area contributed by atoms with E-state index in [1.54, 1.807) is 0 Å². The zero-order chi connectivity index (χ0) is 15.3. The first kappa shape index (κ1) is 14.7. The number of piperidine rings is 1. The van der Waals surface area contributed by atoms with Crippen molar-refractivity contribution in [2.24, 2.45) is 0 Å². The lowest BCUT2D eigenvalue weighted by Crippen LogP contribution is -2.73. The van der Waals surface area contributed by atoms with E-state index in [0.29, 0.717) is 24.2 Å². The fraction of sp³-hybridized carbons (Fsp3) is 0.938. The predicted molar refractivity (Wildman–Crippen MR) is 83.9 cm³/mol. The van der Waals surface area contributed by atoms with Crippen LogP contribution in [0.5, 0.6) is 0 Å². The third-order valence-electron chi connectivity index (χ3n) is 5.89. The van der Waals surface area contributed by atoms with E-state index in [2.05, 4.69) is 33.4 Å². The van der Waals surface area contributed by atoms with Crippen molar-refractivity contribution in [2.75, 3.05) is 52.5 Å². The number of fused-ring (bicyclic) bond motifs is 2. The number of amides is 2. The molecule has 22 heavy (non-hydrogen) atoms. The highest BCUT2D eigenvalue weighted by atomic mass is 16.5. The summed E-state index contributed by atoms with van der Waals surface area (Å²) >= 11 is 0. The molecular weight excluding hydrogens is 280 g/mol. The van der Waals surface area contributed by atoms with Crippen molar-refractivity contribution in [3.8, 4) is 0 Å². The van der Waals surface area contributed by atoms with E-state index < -0.39 is 0 Å². The lowest BCUT2D eigenvalue weighted by molar-refractivity contribution is -0.0817. The van der Waals surface area contributed by atoms with E-state index in [4.69, 9.17) is 4.74 Å². The van der Waals surface area contributed by atoms with Crippen LogP contribution in [0.1, 0.15) is 20.3 Å². The van der Waals surface area contributed by atoms with Gasteiger partial charge in [0.05, 0.1) is 19.3 Å². The van der Waals surface area contributed by atoms with E-state index in [9.17, 15) is 4.79 Å². The van der Waals surface area contributed by atoms with Crippen LogP contribution in [-0.2, 0) is 4.74 Å². The summed E-state index contributed by atoms with van der Waals surface area (Å²) in [7, 11) is 0. The molecule has 0 saturated carbocycles. The minimum absolute atomic E-state index is 0.286. The lowest BCUT2D eigenvalue weighted by atomic mass is 9.87. The van der Waals surface area contributed by atoms with Gasteiger partial charge in [-0.05, 0) is 20.3 Å². The highest BCUT2D eigenvalue weighted by Crippen LogP contribution is 2.34. The molecule has 0 radical (unpaired) electrons. The molecule has 2 atom stereocenters. The van der Waals surface area contributed by atoms with Gasteiger partial charge in [-0.2, -0.15) is 0 Å². The summed E-state index contributed by atoms with van der Waals surface area (Å²) in [5.41, 5.74) is 0. The van der Waals surface area contributed by atoms with Crippen LogP contribution in [0, 0.1) is 0 Å². The average Bonchev–Trinajstić information content (AvgIpc) is 2.46. The quantitative estimate of drug-likeness (QED) is 0.735. The van der Waals surface area contributed by atoms with Crippen LogP contribution in [-0.4, -0.2) is 102 Å². The van der Waals surface area contributed by atoms with Crippen molar-refractivity contribution in [1.29, 1.82) is 0 Å². The molecule has 2 unspecified atom stereocenters. The van der Waals surface area contributed by atoms with Crippen molar-refractivity contribution >= 4 is 6.03 Å². The molecular formula is C16H28N4O2. The Labute approximate surface area is 133 Å². The zero-order valence-corrected chi connectivity index (χ0v) is 13.8. The molecule has 5 aliphatic heterocycles. The summed E-state index contributed by atoms with van der Waals surface area (Å²) in [5, 5.41) is 0. The Kier molecular flexibility index (Phi) is 3.78. The number of carbonyl (C=O) groups excluding carboxylic acids is 1. The van der Waals surface area contributed by atoms with Crippen LogP contribution in [0.2, 0.25) is 0 Å². The Hall–Kier alpha value is -0.850. The van der Waals surface area contributed by atoms with Crippen LogP contribution in [0.3, 0.4) is 0 Å². The normalized spacial score (nSPS) is 33.8. The first-order valence-corrected chi connectivity index (χ1v) is 8.76. The van der Waals surface area contributed by atoms with E-state index in [0.717, 1.165) is 52.5 Å². The Morgan fingerprint density at radius 3 is 2.14 bits per heavy atom. The largest absolute Gasteiger partial charge is 0.378 e. The van der Waals surface area contributed by atoms with Crippen LogP contribution in [0.15, 0.2) is 0 Å². The second-order valence-electron chi connectivity index (χ2n) is 7.50. The van der Waals surface area contributed by atoms with E-state index in [-0.39, 0.29) is 6.03 Å². The molecule has 5 rings (SSSR count). The lowest BCUT2D eigenvalue weighted by Gasteiger charge is -2.58. The summed E-state index contributed by atoms with van der Waals surface area (Å²) in [6.07, 6.45) is 1.20. The maximum atomic E-state index is 12.8. The van der Waals surface area contributed by atoms with Crippen molar-refractivity contribution in [3.63, 3.8) is 0 Å². The minimum Gasteiger partial charge on any atom is -0.378 e. The first-order valence-electron chi connectivity index (χ1n) is 8.76. The van der Waals surface area contributed by atoms with Gasteiger partial charge >= 0.3 is 6.03 Å². The smallest absolute Gasteiger partial charge is 0.320 e. The van der Waals surface area contributed by atoms with Crippen LogP contribution < -0.4 is 0 Å². The van der Waals surface area contributed by atoms with Crippen LogP contribution in [0.25, 0.3) is 0 Å². The maximum Gasteiger partial charge on any atom is 0.320 e. The fourth-order valence-corrected chi connectivity index (χ4v) is 4.25. The number of carbonyl (C=O) groups is 1. The monoisotopic (exact) mass is 308 g/mol. The molecule has 0 N–H and O–H groups in total. The Bertz CT molecular complexity index is 420. The first-order chi connectivity index (χ1) is 10.6. The molecule has 2 bridgehead atoms. The number of ether oxygens (including phenoxy) is 1. The molecule has 0 aromatic heterocycles. The van der Waals surface area contributed by atoms with Crippen molar-refractivity contribution in [1.82, 2.24) is 19.6 Å². The predicted octanol–water partition coefficient (Wildman–Crippen LogP) is 0.290. The number of piperazine rings is 2. The molecule has 0 aromatic rings. The van der Waals surface area contributed by atoms with Gasteiger partial charge in [0.25, 0.3) is 0 Å². The van der Waals surface area contributed by atoms with Crippen molar-refractivity contribution in [2.45, 2.75) is 44.4 Å². The molecule has 0 aromatic carbocycles. The van der Waals surface area contributed by atoms with Crippen LogP contribution in [0.4, 0.5) is 4.79 Å². The van der Waals surface area contributed by atoms with Gasteiger partial charge in [-0.25, -0.2) is 4.79 Å². The summed E-state index contributed by atoms with van der Waals surface area (Å²) in [6.45, 7) is 12.1. The second-order valence-corrected chi connectivity index (χ2v) is 7.50. The number of urea groups is 1. The van der Waals surface area contributed by atoms with Gasteiger partial charge in [0.15, 0.2) is 0 Å². The van der Waals surface area contributed by atoms with E-state index in [1.165, 1.54) is 6.42 Å². The molecule has 5 aliphatic rings. The number of nitrogens with zero attached hydrogens (tertiary/aromatic N) is 4. The number of rotatable bonds is 2. The zero-order valence-electron chi connectivity index (χ0n) is 13.8.